The van der Waals surface area contributed by atoms with Crippen LogP contribution in [0.3, 0.4) is 0 Å². The van der Waals surface area contributed by atoms with Gasteiger partial charge in [0.05, 0.1) is 19.8 Å². The highest BCUT2D eigenvalue weighted by molar-refractivity contribution is 5.73. The van der Waals surface area contributed by atoms with E-state index in [1.54, 1.807) is 0 Å². The third kappa shape index (κ3) is 6.38. The summed E-state index contributed by atoms with van der Waals surface area (Å²) in [6, 6.07) is -1.42. The number of carbonyl (C=O) groups excluding carboxylic acids is 1. The second-order valence-electron chi connectivity index (χ2n) is 9.07. The highest BCUT2D eigenvalue weighted by atomic mass is 16.7. The largest absolute Gasteiger partial charge is 0.394 e. The van der Waals surface area contributed by atoms with Gasteiger partial charge in [-0.05, 0) is 0 Å². The van der Waals surface area contributed by atoms with Crippen LogP contribution in [0, 0.1) is 0 Å². The van der Waals surface area contributed by atoms with Crippen LogP contribution in [0.15, 0.2) is 0 Å². The van der Waals surface area contributed by atoms with E-state index in [-0.39, 0.29) is 0 Å². The molecule has 0 unspecified atom stereocenters. The van der Waals surface area contributed by atoms with Crippen LogP contribution in [0.1, 0.15) is 6.92 Å². The lowest BCUT2D eigenvalue weighted by Crippen LogP contribution is -2.68. The summed E-state index contributed by atoms with van der Waals surface area (Å²) in [5.74, 6) is -0.652. The van der Waals surface area contributed by atoms with Crippen molar-refractivity contribution in [1.29, 1.82) is 0 Å². The predicted octanol–water partition coefficient (Wildman–Crippen LogP) is -7.43. The molecule has 11 N–H and O–H groups in total. The Balaban J connectivity index is 1.83. The summed E-state index contributed by atoms with van der Waals surface area (Å²) >= 11 is 0. The molecule has 3 aliphatic heterocycles. The SMILES string of the molecule is CC(=O)N[C@H]1[C@H](O[C@H]2[C@@H](O)[C@@H](CO)O[C@@H](O[C@H]3[C@H](O)[C@@H](O)[C@@H](O)O[C@@H]3CO)[C@@H]2O)O[C@H](CO)[C@@H](O)[C@@H]1O. The van der Waals surface area contributed by atoms with Gasteiger partial charge in [-0.2, -0.15) is 0 Å². The van der Waals surface area contributed by atoms with Crippen molar-refractivity contribution in [2.24, 2.45) is 0 Å². The molecule has 3 fully saturated rings. The zero-order valence-electron chi connectivity index (χ0n) is 19.7. The van der Waals surface area contributed by atoms with Crippen molar-refractivity contribution >= 4 is 5.91 Å². The molecule has 15 atom stereocenters. The summed E-state index contributed by atoms with van der Waals surface area (Å²) < 4.78 is 27.0. The Labute approximate surface area is 210 Å². The molecule has 1 amide bonds. The second kappa shape index (κ2) is 12.8. The summed E-state index contributed by atoms with van der Waals surface area (Å²) in [4.78, 5) is 11.7. The Morgan fingerprint density at radius 3 is 1.76 bits per heavy atom. The fraction of sp³-hybridized carbons (Fsp3) is 0.950. The van der Waals surface area contributed by atoms with Crippen LogP contribution in [0.4, 0.5) is 0 Å². The maximum Gasteiger partial charge on any atom is 0.217 e. The van der Waals surface area contributed by atoms with Gasteiger partial charge >= 0.3 is 0 Å². The quantitative estimate of drug-likeness (QED) is 0.135. The standard InChI is InChI=1S/C20H35NO16/c1-5(25)21-9-12(28)10(26)6(2-22)34-19(9)37-17-11(27)7(3-23)35-20(15(17)31)36-16-8(4-24)33-18(32)14(30)13(16)29/h6-20,22-24,26-32H,2-4H2,1H3,(H,21,25)/t6-,7-,8-,9-,10-,11+,12-,13-,14-,15-,16-,17+,18+,19+,20+/m1/s1. The van der Waals surface area contributed by atoms with Gasteiger partial charge in [0, 0.05) is 6.92 Å². The number of rotatable bonds is 8. The smallest absolute Gasteiger partial charge is 0.217 e. The van der Waals surface area contributed by atoms with E-state index < -0.39 is 118 Å². The normalized spacial score (nSPS) is 49.0. The average Bonchev–Trinajstić information content (AvgIpc) is 2.86. The topological polar surface area (TPSA) is 278 Å². The van der Waals surface area contributed by atoms with E-state index in [1.165, 1.54) is 0 Å². The number of nitrogens with one attached hydrogen (secondary N) is 1. The Hall–Kier alpha value is -1.13. The average molecular weight is 545 g/mol. The van der Waals surface area contributed by atoms with Gasteiger partial charge in [0.1, 0.15) is 73.2 Å². The second-order valence-corrected chi connectivity index (χ2v) is 9.07. The number of carbonyl (C=O) groups is 1. The third-order valence-electron chi connectivity index (χ3n) is 6.49. The predicted molar refractivity (Wildman–Crippen MR) is 113 cm³/mol. The molecule has 0 saturated carbocycles. The van der Waals surface area contributed by atoms with Crippen LogP contribution in [-0.2, 0) is 28.5 Å². The van der Waals surface area contributed by atoms with Crippen LogP contribution < -0.4 is 5.32 Å². The zero-order valence-corrected chi connectivity index (χ0v) is 19.7. The van der Waals surface area contributed by atoms with Gasteiger partial charge < -0.3 is 80.1 Å². The summed E-state index contributed by atoms with van der Waals surface area (Å²) in [6.45, 7) is -1.25. The first-order valence-electron chi connectivity index (χ1n) is 11.6. The lowest BCUT2D eigenvalue weighted by atomic mass is 9.95. The maximum atomic E-state index is 11.7. The molecule has 0 aromatic heterocycles. The molecule has 0 bridgehead atoms. The Morgan fingerprint density at radius 2 is 1.19 bits per heavy atom. The first-order valence-corrected chi connectivity index (χ1v) is 11.6. The third-order valence-corrected chi connectivity index (χ3v) is 6.49. The zero-order chi connectivity index (χ0) is 27.6. The summed E-state index contributed by atoms with van der Waals surface area (Å²) in [7, 11) is 0. The van der Waals surface area contributed by atoms with Crippen molar-refractivity contribution in [3.05, 3.63) is 0 Å². The molecule has 3 rings (SSSR count). The lowest BCUT2D eigenvalue weighted by molar-refractivity contribution is -0.373. The molecule has 0 aromatic rings. The Morgan fingerprint density at radius 1 is 0.649 bits per heavy atom. The highest BCUT2D eigenvalue weighted by Gasteiger charge is 2.53. The van der Waals surface area contributed by atoms with Crippen molar-refractivity contribution < 1.29 is 79.5 Å². The van der Waals surface area contributed by atoms with Crippen molar-refractivity contribution in [2.75, 3.05) is 19.8 Å². The number of aliphatic hydroxyl groups excluding tert-OH is 10. The van der Waals surface area contributed by atoms with Crippen molar-refractivity contribution in [3.8, 4) is 0 Å². The van der Waals surface area contributed by atoms with Crippen LogP contribution in [-0.4, -0.2) is 169 Å². The monoisotopic (exact) mass is 545 g/mol. The molecule has 3 heterocycles. The van der Waals surface area contributed by atoms with E-state index in [0.29, 0.717) is 0 Å². The van der Waals surface area contributed by atoms with E-state index in [4.69, 9.17) is 23.7 Å². The van der Waals surface area contributed by atoms with Crippen LogP contribution in [0.5, 0.6) is 0 Å². The van der Waals surface area contributed by atoms with Crippen molar-refractivity contribution in [1.82, 2.24) is 5.32 Å². The molecule has 3 aliphatic rings. The first-order chi connectivity index (χ1) is 17.4. The van der Waals surface area contributed by atoms with E-state index in [9.17, 15) is 55.9 Å². The molecule has 0 aliphatic carbocycles. The maximum absolute atomic E-state index is 11.7. The number of hydrogen-bond acceptors (Lipinski definition) is 16. The van der Waals surface area contributed by atoms with Crippen LogP contribution in [0.2, 0.25) is 0 Å². The van der Waals surface area contributed by atoms with E-state index in [0.717, 1.165) is 6.92 Å². The fourth-order valence-electron chi connectivity index (χ4n) is 4.46. The van der Waals surface area contributed by atoms with E-state index >= 15 is 0 Å². The minimum absolute atomic E-state index is 0.652. The van der Waals surface area contributed by atoms with Crippen LogP contribution in [0.25, 0.3) is 0 Å². The molecule has 0 spiro atoms. The molecule has 37 heavy (non-hydrogen) atoms. The van der Waals surface area contributed by atoms with Gasteiger partial charge in [0.2, 0.25) is 5.91 Å². The van der Waals surface area contributed by atoms with Crippen molar-refractivity contribution in [3.63, 3.8) is 0 Å². The van der Waals surface area contributed by atoms with Gasteiger partial charge in [-0.3, -0.25) is 4.79 Å². The minimum Gasteiger partial charge on any atom is -0.394 e. The molecule has 17 nitrogen and oxygen atoms in total. The molecular formula is C20H35NO16. The van der Waals surface area contributed by atoms with Crippen LogP contribution >= 0.6 is 0 Å². The number of ether oxygens (including phenoxy) is 5. The molecule has 216 valence electrons. The van der Waals surface area contributed by atoms with E-state index in [2.05, 4.69) is 5.32 Å². The number of amides is 1. The molecular weight excluding hydrogens is 510 g/mol. The number of hydrogen-bond donors (Lipinski definition) is 11. The lowest BCUT2D eigenvalue weighted by Gasteiger charge is -2.48. The molecule has 0 radical (unpaired) electrons. The summed E-state index contributed by atoms with van der Waals surface area (Å²) in [5.41, 5.74) is 0. The van der Waals surface area contributed by atoms with Gasteiger partial charge in [-0.15, -0.1) is 0 Å². The molecule has 17 heteroatoms. The minimum atomic E-state index is -1.91. The summed E-state index contributed by atoms with van der Waals surface area (Å²) in [5, 5.41) is 103. The Bertz CT molecular complexity index is 745. The summed E-state index contributed by atoms with van der Waals surface area (Å²) in [6.07, 6.45) is -23.4. The van der Waals surface area contributed by atoms with Crippen molar-refractivity contribution in [2.45, 2.75) is 99.0 Å². The van der Waals surface area contributed by atoms with Gasteiger partial charge in [-0.25, -0.2) is 0 Å². The van der Waals surface area contributed by atoms with Gasteiger partial charge in [-0.1, -0.05) is 0 Å². The molecule has 3 saturated heterocycles. The van der Waals surface area contributed by atoms with Gasteiger partial charge in [0.25, 0.3) is 0 Å². The van der Waals surface area contributed by atoms with Gasteiger partial charge in [0.15, 0.2) is 18.9 Å². The molecule has 0 aromatic carbocycles. The van der Waals surface area contributed by atoms with E-state index in [1.807, 2.05) is 0 Å². The first kappa shape index (κ1) is 30.4. The number of aliphatic hydroxyl groups is 10. The highest BCUT2D eigenvalue weighted by Crippen LogP contribution is 2.32. The Kier molecular flexibility index (Phi) is 10.5. The fourth-order valence-corrected chi connectivity index (χ4v) is 4.46.